The van der Waals surface area contributed by atoms with E-state index in [1.165, 1.54) is 0 Å². The number of hydrogen-bond donors (Lipinski definition) is 0. The minimum absolute atomic E-state index is 0.0334. The molecule has 88 valence electrons. The number of ether oxygens (including phenoxy) is 1. The molecule has 2 rings (SSSR count). The number of esters is 1. The summed E-state index contributed by atoms with van der Waals surface area (Å²) >= 11 is 0. The molecule has 17 heavy (non-hydrogen) atoms. The second kappa shape index (κ2) is 4.82. The van der Waals surface area contributed by atoms with Crippen LogP contribution in [0.15, 0.2) is 36.4 Å². The lowest BCUT2D eigenvalue weighted by Gasteiger charge is -2.15. The fraction of sp³-hybridized carbons (Fsp3) is 0.231. The largest absolute Gasteiger partial charge is 0.462 e. The number of anilines is 1. The second-order valence-corrected chi connectivity index (χ2v) is 3.62. The van der Waals surface area contributed by atoms with Gasteiger partial charge >= 0.3 is 5.97 Å². The fourth-order valence-electron chi connectivity index (χ4n) is 1.66. The molecule has 1 aliphatic heterocycles. The Morgan fingerprint density at radius 3 is 2.59 bits per heavy atom. The molecule has 0 spiro atoms. The molecule has 0 saturated carbocycles. The molecular formula is C13H13NO3. The summed E-state index contributed by atoms with van der Waals surface area (Å²) in [6.45, 7) is 2.70. The van der Waals surface area contributed by atoms with Crippen molar-refractivity contribution in [2.45, 2.75) is 6.92 Å². The number of rotatable bonds is 3. The van der Waals surface area contributed by atoms with Gasteiger partial charge in [0.25, 0.3) is 5.91 Å². The van der Waals surface area contributed by atoms with Crippen molar-refractivity contribution in [2.75, 3.05) is 18.1 Å². The monoisotopic (exact) mass is 231 g/mol. The van der Waals surface area contributed by atoms with Crippen molar-refractivity contribution < 1.29 is 14.3 Å². The van der Waals surface area contributed by atoms with Crippen molar-refractivity contribution in [1.29, 1.82) is 0 Å². The van der Waals surface area contributed by atoms with Gasteiger partial charge < -0.3 is 9.64 Å². The van der Waals surface area contributed by atoms with E-state index in [9.17, 15) is 9.59 Å². The minimum atomic E-state index is -0.343. The average Bonchev–Trinajstić information content (AvgIpc) is 2.76. The van der Waals surface area contributed by atoms with Crippen molar-refractivity contribution in [3.8, 4) is 0 Å². The first-order valence-electron chi connectivity index (χ1n) is 5.47. The summed E-state index contributed by atoms with van der Waals surface area (Å²) in [6.07, 6.45) is 3.35. The highest BCUT2D eigenvalue weighted by Crippen LogP contribution is 2.18. The Hall–Kier alpha value is -2.10. The highest BCUT2D eigenvalue weighted by atomic mass is 16.5. The van der Waals surface area contributed by atoms with Crippen molar-refractivity contribution >= 4 is 17.6 Å². The third-order valence-electron chi connectivity index (χ3n) is 2.50. The number of nitrogens with zero attached hydrogens (tertiary/aromatic N) is 1. The maximum atomic E-state index is 11.4. The van der Waals surface area contributed by atoms with Crippen LogP contribution in [0.4, 0.5) is 5.69 Å². The first kappa shape index (κ1) is 11.4. The highest BCUT2D eigenvalue weighted by Gasteiger charge is 2.16. The lowest BCUT2D eigenvalue weighted by molar-refractivity contribution is -0.113. The van der Waals surface area contributed by atoms with E-state index >= 15 is 0 Å². The lowest BCUT2D eigenvalue weighted by atomic mass is 10.2. The van der Waals surface area contributed by atoms with Crippen LogP contribution in [0.2, 0.25) is 0 Å². The topological polar surface area (TPSA) is 46.6 Å². The van der Waals surface area contributed by atoms with Crippen molar-refractivity contribution in [3.05, 3.63) is 42.0 Å². The van der Waals surface area contributed by atoms with Gasteiger partial charge in [-0.05, 0) is 31.2 Å². The number of amides is 1. The lowest BCUT2D eigenvalue weighted by Crippen LogP contribution is -2.24. The molecule has 0 bridgehead atoms. The van der Waals surface area contributed by atoms with Gasteiger partial charge in [-0.15, -0.1) is 0 Å². The summed E-state index contributed by atoms with van der Waals surface area (Å²) in [6, 6.07) is 6.83. The third kappa shape index (κ3) is 2.36. The molecule has 4 nitrogen and oxygen atoms in total. The maximum Gasteiger partial charge on any atom is 0.338 e. The molecule has 1 heterocycles. The molecule has 1 amide bonds. The van der Waals surface area contributed by atoms with Gasteiger partial charge in [-0.2, -0.15) is 0 Å². The molecule has 1 aromatic carbocycles. The smallest absolute Gasteiger partial charge is 0.338 e. The van der Waals surface area contributed by atoms with E-state index in [0.29, 0.717) is 18.7 Å². The average molecular weight is 231 g/mol. The van der Waals surface area contributed by atoms with Crippen molar-refractivity contribution in [2.24, 2.45) is 0 Å². The molecule has 4 heteroatoms. The van der Waals surface area contributed by atoms with E-state index in [4.69, 9.17) is 4.74 Å². The number of hydrogen-bond acceptors (Lipinski definition) is 3. The SMILES string of the molecule is CCOC(=O)c1ccc(N2CC=CC2=O)cc1. The summed E-state index contributed by atoms with van der Waals surface area (Å²) < 4.78 is 4.88. The van der Waals surface area contributed by atoms with Gasteiger partial charge in [0.15, 0.2) is 0 Å². The molecule has 0 aromatic heterocycles. The Morgan fingerprint density at radius 2 is 2.06 bits per heavy atom. The van der Waals surface area contributed by atoms with E-state index in [1.54, 1.807) is 42.2 Å². The van der Waals surface area contributed by atoms with Crippen LogP contribution in [-0.4, -0.2) is 25.0 Å². The Morgan fingerprint density at radius 1 is 1.35 bits per heavy atom. The zero-order chi connectivity index (χ0) is 12.3. The Kier molecular flexibility index (Phi) is 3.23. The van der Waals surface area contributed by atoms with Crippen LogP contribution >= 0.6 is 0 Å². The molecule has 0 fully saturated rings. The van der Waals surface area contributed by atoms with E-state index < -0.39 is 0 Å². The Labute approximate surface area is 99.5 Å². The predicted octanol–water partition coefficient (Wildman–Crippen LogP) is 1.77. The minimum Gasteiger partial charge on any atom is -0.462 e. The van der Waals surface area contributed by atoms with Crippen LogP contribution in [-0.2, 0) is 9.53 Å². The zero-order valence-corrected chi connectivity index (χ0v) is 9.55. The van der Waals surface area contributed by atoms with Gasteiger partial charge in [0.2, 0.25) is 0 Å². The normalized spacial score (nSPS) is 14.2. The summed E-state index contributed by atoms with van der Waals surface area (Å²) in [4.78, 5) is 24.5. The number of benzene rings is 1. The quantitative estimate of drug-likeness (QED) is 0.745. The Balaban J connectivity index is 2.13. The summed E-state index contributed by atoms with van der Waals surface area (Å²) in [5, 5.41) is 0. The van der Waals surface area contributed by atoms with Crippen LogP contribution < -0.4 is 4.90 Å². The second-order valence-electron chi connectivity index (χ2n) is 3.62. The summed E-state index contributed by atoms with van der Waals surface area (Å²) in [5.74, 6) is -0.376. The van der Waals surface area contributed by atoms with Crippen molar-refractivity contribution in [1.82, 2.24) is 0 Å². The van der Waals surface area contributed by atoms with Gasteiger partial charge in [-0.3, -0.25) is 4.79 Å². The molecule has 0 saturated heterocycles. The van der Waals surface area contributed by atoms with Gasteiger partial charge in [0, 0.05) is 18.3 Å². The first-order valence-corrected chi connectivity index (χ1v) is 5.47. The van der Waals surface area contributed by atoms with E-state index in [0.717, 1.165) is 5.69 Å². The molecule has 0 aliphatic carbocycles. The molecule has 0 atom stereocenters. The van der Waals surface area contributed by atoms with E-state index in [2.05, 4.69) is 0 Å². The zero-order valence-electron chi connectivity index (χ0n) is 9.55. The summed E-state index contributed by atoms with van der Waals surface area (Å²) in [5.41, 5.74) is 1.28. The van der Waals surface area contributed by atoms with E-state index in [-0.39, 0.29) is 11.9 Å². The van der Waals surface area contributed by atoms with Crippen LogP contribution in [0.3, 0.4) is 0 Å². The van der Waals surface area contributed by atoms with Gasteiger partial charge in [-0.25, -0.2) is 4.79 Å². The van der Waals surface area contributed by atoms with Gasteiger partial charge in [-0.1, -0.05) is 6.08 Å². The maximum absolute atomic E-state index is 11.4. The molecule has 0 N–H and O–H groups in total. The standard InChI is InChI=1S/C13H13NO3/c1-2-17-13(16)10-5-7-11(8-6-10)14-9-3-4-12(14)15/h3-8H,2,9H2,1H3. The van der Waals surface area contributed by atoms with Crippen LogP contribution in [0.25, 0.3) is 0 Å². The molecule has 1 aromatic rings. The van der Waals surface area contributed by atoms with E-state index in [1.807, 2.05) is 6.08 Å². The summed E-state index contributed by atoms with van der Waals surface area (Å²) in [7, 11) is 0. The third-order valence-corrected chi connectivity index (χ3v) is 2.50. The van der Waals surface area contributed by atoms with Crippen LogP contribution in [0.1, 0.15) is 17.3 Å². The van der Waals surface area contributed by atoms with Gasteiger partial charge in [0.05, 0.1) is 12.2 Å². The molecule has 1 aliphatic rings. The predicted molar refractivity (Wildman–Crippen MR) is 63.9 cm³/mol. The fourth-order valence-corrected chi connectivity index (χ4v) is 1.66. The van der Waals surface area contributed by atoms with Gasteiger partial charge in [0.1, 0.15) is 0 Å². The van der Waals surface area contributed by atoms with Crippen LogP contribution in [0.5, 0.6) is 0 Å². The molecular weight excluding hydrogens is 218 g/mol. The number of carbonyl (C=O) groups excluding carboxylic acids is 2. The Bertz CT molecular complexity index is 462. The molecule has 0 radical (unpaired) electrons. The van der Waals surface area contributed by atoms with Crippen molar-refractivity contribution in [3.63, 3.8) is 0 Å². The first-order chi connectivity index (χ1) is 8.22. The molecule has 0 unspecified atom stereocenters. The van der Waals surface area contributed by atoms with Crippen LogP contribution in [0, 0.1) is 0 Å². The highest BCUT2D eigenvalue weighted by molar-refractivity contribution is 6.04. The number of carbonyl (C=O) groups is 2.